The maximum atomic E-state index is 6.22. The van der Waals surface area contributed by atoms with Gasteiger partial charge in [0.15, 0.2) is 11.5 Å². The fourth-order valence-corrected chi connectivity index (χ4v) is 3.36. The smallest absolute Gasteiger partial charge is 0.162 e. The van der Waals surface area contributed by atoms with E-state index in [1.807, 2.05) is 55.5 Å². The van der Waals surface area contributed by atoms with Crippen molar-refractivity contribution in [1.82, 2.24) is 10.3 Å². The molecule has 2 aromatic carbocycles. The van der Waals surface area contributed by atoms with E-state index < -0.39 is 0 Å². The minimum atomic E-state index is 0.381. The van der Waals surface area contributed by atoms with Crippen LogP contribution in [0.2, 0.25) is 5.02 Å². The molecule has 0 amide bonds. The van der Waals surface area contributed by atoms with Gasteiger partial charge in [0.1, 0.15) is 6.61 Å². The fraction of sp³-hybridized carbons (Fsp3) is 0.227. The van der Waals surface area contributed by atoms with Crippen molar-refractivity contribution < 1.29 is 9.47 Å². The molecule has 3 rings (SSSR count). The molecule has 1 heterocycles. The molecule has 1 aromatic heterocycles. The molecule has 6 heteroatoms. The third-order valence-electron chi connectivity index (χ3n) is 4.15. The summed E-state index contributed by atoms with van der Waals surface area (Å²) in [4.78, 5) is 4.04. The van der Waals surface area contributed by atoms with Crippen LogP contribution in [0.1, 0.15) is 23.6 Å². The maximum Gasteiger partial charge on any atom is 0.162 e. The van der Waals surface area contributed by atoms with E-state index in [0.717, 1.165) is 27.9 Å². The Morgan fingerprint density at radius 3 is 2.46 bits per heavy atom. The van der Waals surface area contributed by atoms with Crippen LogP contribution < -0.4 is 14.8 Å². The SMILES string of the molecule is CCOc1cc(CNCc2ccncc2)c(Br)cc1OCc1ccccc1Cl. The van der Waals surface area contributed by atoms with Gasteiger partial charge in [-0.05, 0) is 48.4 Å². The maximum absolute atomic E-state index is 6.22. The normalized spacial score (nSPS) is 10.7. The van der Waals surface area contributed by atoms with Gasteiger partial charge in [-0.3, -0.25) is 4.98 Å². The lowest BCUT2D eigenvalue weighted by atomic mass is 10.2. The van der Waals surface area contributed by atoms with E-state index >= 15 is 0 Å². The van der Waals surface area contributed by atoms with Crippen molar-refractivity contribution in [2.24, 2.45) is 0 Å². The lowest BCUT2D eigenvalue weighted by Crippen LogP contribution is -2.13. The van der Waals surface area contributed by atoms with Crippen LogP contribution in [-0.2, 0) is 19.7 Å². The molecule has 28 heavy (non-hydrogen) atoms. The monoisotopic (exact) mass is 460 g/mol. The molecular formula is C22H22BrClN2O2. The zero-order valence-corrected chi connectivity index (χ0v) is 18.0. The predicted octanol–water partition coefficient (Wildman–Crippen LogP) is 5.77. The summed E-state index contributed by atoms with van der Waals surface area (Å²) in [5.74, 6) is 1.41. The number of rotatable bonds is 9. The molecule has 0 fully saturated rings. The van der Waals surface area contributed by atoms with Gasteiger partial charge in [-0.2, -0.15) is 0 Å². The Morgan fingerprint density at radius 2 is 1.71 bits per heavy atom. The fourth-order valence-electron chi connectivity index (χ4n) is 2.71. The number of ether oxygens (including phenoxy) is 2. The number of nitrogens with one attached hydrogen (secondary N) is 1. The van der Waals surface area contributed by atoms with Crippen molar-refractivity contribution >= 4 is 27.5 Å². The molecule has 146 valence electrons. The van der Waals surface area contributed by atoms with Gasteiger partial charge in [-0.1, -0.05) is 45.7 Å². The summed E-state index contributed by atoms with van der Waals surface area (Å²) < 4.78 is 12.8. The molecule has 3 aromatic rings. The van der Waals surface area contributed by atoms with Gasteiger partial charge < -0.3 is 14.8 Å². The summed E-state index contributed by atoms with van der Waals surface area (Å²) in [5.41, 5.74) is 3.23. The summed E-state index contributed by atoms with van der Waals surface area (Å²) in [5, 5.41) is 4.13. The molecule has 0 aliphatic heterocycles. The minimum Gasteiger partial charge on any atom is -0.490 e. The summed E-state index contributed by atoms with van der Waals surface area (Å²) in [6.45, 7) is 4.37. The number of hydrogen-bond donors (Lipinski definition) is 1. The largest absolute Gasteiger partial charge is 0.490 e. The van der Waals surface area contributed by atoms with Crippen LogP contribution >= 0.6 is 27.5 Å². The van der Waals surface area contributed by atoms with E-state index in [9.17, 15) is 0 Å². The highest BCUT2D eigenvalue weighted by Crippen LogP contribution is 2.35. The molecule has 0 bridgehead atoms. The van der Waals surface area contributed by atoms with Crippen molar-refractivity contribution in [3.05, 3.63) is 87.1 Å². The van der Waals surface area contributed by atoms with Gasteiger partial charge in [0.2, 0.25) is 0 Å². The zero-order valence-electron chi connectivity index (χ0n) is 15.6. The van der Waals surface area contributed by atoms with Gasteiger partial charge in [0, 0.05) is 40.5 Å². The highest BCUT2D eigenvalue weighted by atomic mass is 79.9. The second-order valence-corrected chi connectivity index (χ2v) is 7.42. The summed E-state index contributed by atoms with van der Waals surface area (Å²) in [6.07, 6.45) is 3.59. The average molecular weight is 462 g/mol. The highest BCUT2D eigenvalue weighted by Gasteiger charge is 2.12. The molecule has 0 unspecified atom stereocenters. The second-order valence-electron chi connectivity index (χ2n) is 6.16. The Morgan fingerprint density at radius 1 is 0.964 bits per heavy atom. The van der Waals surface area contributed by atoms with Crippen LogP contribution in [0, 0.1) is 0 Å². The van der Waals surface area contributed by atoms with Crippen LogP contribution in [0.25, 0.3) is 0 Å². The van der Waals surface area contributed by atoms with Gasteiger partial charge in [0.05, 0.1) is 6.61 Å². The van der Waals surface area contributed by atoms with Gasteiger partial charge in [-0.25, -0.2) is 0 Å². The van der Waals surface area contributed by atoms with Crippen molar-refractivity contribution in [3.63, 3.8) is 0 Å². The molecule has 1 N–H and O–H groups in total. The van der Waals surface area contributed by atoms with Crippen molar-refractivity contribution in [1.29, 1.82) is 0 Å². The van der Waals surface area contributed by atoms with E-state index in [4.69, 9.17) is 21.1 Å². The summed E-state index contributed by atoms with van der Waals surface area (Å²) in [6, 6.07) is 15.6. The Balaban J connectivity index is 1.69. The number of pyridine rings is 1. The van der Waals surface area contributed by atoms with Crippen LogP contribution in [-0.4, -0.2) is 11.6 Å². The van der Waals surface area contributed by atoms with E-state index in [-0.39, 0.29) is 0 Å². The first-order chi connectivity index (χ1) is 13.7. The lowest BCUT2D eigenvalue weighted by molar-refractivity contribution is 0.269. The Hall–Kier alpha value is -2.08. The zero-order chi connectivity index (χ0) is 19.8. The first kappa shape index (κ1) is 20.6. The minimum absolute atomic E-state index is 0.381. The molecule has 0 radical (unpaired) electrons. The van der Waals surface area contributed by atoms with Crippen LogP contribution in [0.3, 0.4) is 0 Å². The van der Waals surface area contributed by atoms with Gasteiger partial charge in [-0.15, -0.1) is 0 Å². The van der Waals surface area contributed by atoms with Crippen LogP contribution in [0.4, 0.5) is 0 Å². The number of benzene rings is 2. The molecule has 0 spiro atoms. The molecular weight excluding hydrogens is 440 g/mol. The Bertz CT molecular complexity index is 906. The quantitative estimate of drug-likeness (QED) is 0.440. The summed E-state index contributed by atoms with van der Waals surface area (Å²) in [7, 11) is 0. The van der Waals surface area contributed by atoms with E-state index in [1.54, 1.807) is 12.4 Å². The molecule has 0 atom stereocenters. The third kappa shape index (κ3) is 5.71. The Kier molecular flexibility index (Phi) is 7.71. The number of hydrogen-bond acceptors (Lipinski definition) is 4. The number of nitrogens with zero attached hydrogens (tertiary/aromatic N) is 1. The predicted molar refractivity (Wildman–Crippen MR) is 116 cm³/mol. The van der Waals surface area contributed by atoms with Crippen LogP contribution in [0.5, 0.6) is 11.5 Å². The first-order valence-corrected chi connectivity index (χ1v) is 10.3. The van der Waals surface area contributed by atoms with E-state index in [2.05, 4.69) is 26.2 Å². The number of halogens is 2. The topological polar surface area (TPSA) is 43.4 Å². The summed E-state index contributed by atoms with van der Waals surface area (Å²) >= 11 is 9.87. The molecule has 0 saturated carbocycles. The molecule has 4 nitrogen and oxygen atoms in total. The van der Waals surface area contributed by atoms with Crippen molar-refractivity contribution in [2.45, 2.75) is 26.6 Å². The van der Waals surface area contributed by atoms with Crippen molar-refractivity contribution in [3.8, 4) is 11.5 Å². The third-order valence-corrected chi connectivity index (χ3v) is 5.25. The van der Waals surface area contributed by atoms with Crippen LogP contribution in [0.15, 0.2) is 65.4 Å². The van der Waals surface area contributed by atoms with Gasteiger partial charge in [0.25, 0.3) is 0 Å². The highest BCUT2D eigenvalue weighted by molar-refractivity contribution is 9.10. The average Bonchev–Trinajstić information content (AvgIpc) is 2.71. The molecule has 0 aliphatic rings. The first-order valence-electron chi connectivity index (χ1n) is 9.08. The standard InChI is InChI=1S/C22H22BrClN2O2/c1-2-27-21-11-18(14-26-13-16-7-9-25-10-8-16)19(23)12-22(21)28-15-17-5-3-4-6-20(17)24/h3-12,26H,2,13-15H2,1H3. The molecule has 0 aliphatic carbocycles. The second kappa shape index (κ2) is 10.5. The molecule has 0 saturated heterocycles. The lowest BCUT2D eigenvalue weighted by Gasteiger charge is -2.16. The Labute approximate surface area is 179 Å². The van der Waals surface area contributed by atoms with E-state index in [0.29, 0.717) is 30.5 Å². The van der Waals surface area contributed by atoms with Crippen molar-refractivity contribution in [2.75, 3.05) is 6.61 Å². The van der Waals surface area contributed by atoms with Gasteiger partial charge >= 0.3 is 0 Å². The number of aromatic nitrogens is 1. The van der Waals surface area contributed by atoms with E-state index in [1.165, 1.54) is 5.56 Å².